The van der Waals surface area contributed by atoms with E-state index in [2.05, 4.69) is 26.1 Å². The summed E-state index contributed by atoms with van der Waals surface area (Å²) >= 11 is 5.89. The third kappa shape index (κ3) is 4.01. The second kappa shape index (κ2) is 5.26. The molecule has 1 aromatic carbocycles. The van der Waals surface area contributed by atoms with Gasteiger partial charge in [-0.2, -0.15) is 0 Å². The standard InChI is InChI=1S/C12H18ClN/c1-9(2)7-10(3)14-12-6-4-5-11(13)8-12/h4-6,8-10,14H,7H2,1-3H3. The average molecular weight is 212 g/mol. The maximum absolute atomic E-state index is 5.89. The van der Waals surface area contributed by atoms with Crippen LogP contribution in [0.3, 0.4) is 0 Å². The summed E-state index contributed by atoms with van der Waals surface area (Å²) in [6.07, 6.45) is 1.17. The van der Waals surface area contributed by atoms with Crippen LogP contribution in [0.25, 0.3) is 0 Å². The summed E-state index contributed by atoms with van der Waals surface area (Å²) in [5.74, 6) is 0.719. The van der Waals surface area contributed by atoms with Crippen molar-refractivity contribution in [2.24, 2.45) is 5.92 Å². The van der Waals surface area contributed by atoms with Gasteiger partial charge in [-0.05, 0) is 37.5 Å². The van der Waals surface area contributed by atoms with Crippen molar-refractivity contribution < 1.29 is 0 Å². The molecule has 0 aromatic heterocycles. The number of rotatable bonds is 4. The van der Waals surface area contributed by atoms with Crippen molar-refractivity contribution in [3.63, 3.8) is 0 Å². The number of anilines is 1. The van der Waals surface area contributed by atoms with Gasteiger partial charge in [-0.15, -0.1) is 0 Å². The van der Waals surface area contributed by atoms with Gasteiger partial charge in [0.25, 0.3) is 0 Å². The Kier molecular flexibility index (Phi) is 4.27. The topological polar surface area (TPSA) is 12.0 Å². The Labute approximate surface area is 91.5 Å². The number of hydrogen-bond donors (Lipinski definition) is 1. The van der Waals surface area contributed by atoms with Crippen molar-refractivity contribution >= 4 is 17.3 Å². The van der Waals surface area contributed by atoms with Crippen molar-refractivity contribution in [2.45, 2.75) is 33.2 Å². The summed E-state index contributed by atoms with van der Waals surface area (Å²) in [6.45, 7) is 6.66. The molecule has 2 heteroatoms. The van der Waals surface area contributed by atoms with Gasteiger partial charge in [-0.25, -0.2) is 0 Å². The van der Waals surface area contributed by atoms with Gasteiger partial charge in [-0.1, -0.05) is 31.5 Å². The van der Waals surface area contributed by atoms with Gasteiger partial charge in [0.1, 0.15) is 0 Å². The number of halogens is 1. The zero-order valence-electron chi connectivity index (χ0n) is 9.05. The van der Waals surface area contributed by atoms with Crippen LogP contribution in [0.1, 0.15) is 27.2 Å². The average Bonchev–Trinajstić information content (AvgIpc) is 2.01. The molecule has 14 heavy (non-hydrogen) atoms. The molecule has 1 nitrogen and oxygen atoms in total. The van der Waals surface area contributed by atoms with Crippen molar-refractivity contribution in [1.82, 2.24) is 0 Å². The number of nitrogens with one attached hydrogen (secondary N) is 1. The molecule has 1 rings (SSSR count). The van der Waals surface area contributed by atoms with Crippen molar-refractivity contribution in [3.05, 3.63) is 29.3 Å². The zero-order chi connectivity index (χ0) is 10.6. The van der Waals surface area contributed by atoms with E-state index in [1.807, 2.05) is 24.3 Å². The van der Waals surface area contributed by atoms with Crippen LogP contribution >= 0.6 is 11.6 Å². The highest BCUT2D eigenvalue weighted by Gasteiger charge is 2.04. The lowest BCUT2D eigenvalue weighted by Gasteiger charge is -2.17. The van der Waals surface area contributed by atoms with E-state index >= 15 is 0 Å². The monoisotopic (exact) mass is 211 g/mol. The van der Waals surface area contributed by atoms with E-state index in [-0.39, 0.29) is 0 Å². The molecule has 0 radical (unpaired) electrons. The molecule has 0 saturated carbocycles. The highest BCUT2D eigenvalue weighted by molar-refractivity contribution is 6.30. The van der Waals surface area contributed by atoms with E-state index in [9.17, 15) is 0 Å². The van der Waals surface area contributed by atoms with Gasteiger partial charge in [0.2, 0.25) is 0 Å². The molecule has 1 atom stereocenters. The van der Waals surface area contributed by atoms with Crippen LogP contribution in [0.4, 0.5) is 5.69 Å². The fourth-order valence-corrected chi connectivity index (χ4v) is 1.82. The molecule has 1 aromatic rings. The van der Waals surface area contributed by atoms with Gasteiger partial charge in [0.05, 0.1) is 0 Å². The van der Waals surface area contributed by atoms with Crippen molar-refractivity contribution in [3.8, 4) is 0 Å². The minimum atomic E-state index is 0.494. The van der Waals surface area contributed by atoms with Crippen LogP contribution in [-0.4, -0.2) is 6.04 Å². The summed E-state index contributed by atoms with van der Waals surface area (Å²) in [4.78, 5) is 0. The van der Waals surface area contributed by atoms with Gasteiger partial charge in [0.15, 0.2) is 0 Å². The first-order valence-electron chi connectivity index (χ1n) is 5.10. The van der Waals surface area contributed by atoms with E-state index in [0.717, 1.165) is 16.6 Å². The quantitative estimate of drug-likeness (QED) is 0.788. The fraction of sp³-hybridized carbons (Fsp3) is 0.500. The van der Waals surface area contributed by atoms with Gasteiger partial charge >= 0.3 is 0 Å². The molecule has 0 aliphatic carbocycles. The molecular weight excluding hydrogens is 194 g/mol. The Morgan fingerprint density at radius 1 is 1.29 bits per heavy atom. The van der Waals surface area contributed by atoms with E-state index in [0.29, 0.717) is 6.04 Å². The summed E-state index contributed by atoms with van der Waals surface area (Å²) in [7, 11) is 0. The highest BCUT2D eigenvalue weighted by Crippen LogP contribution is 2.17. The third-order valence-electron chi connectivity index (χ3n) is 2.06. The Balaban J connectivity index is 2.51. The Morgan fingerprint density at radius 2 is 2.00 bits per heavy atom. The molecule has 0 amide bonds. The minimum Gasteiger partial charge on any atom is -0.383 e. The van der Waals surface area contributed by atoms with Gasteiger partial charge < -0.3 is 5.32 Å². The molecule has 0 bridgehead atoms. The maximum atomic E-state index is 5.89. The Morgan fingerprint density at radius 3 is 2.57 bits per heavy atom. The van der Waals surface area contributed by atoms with E-state index in [1.165, 1.54) is 6.42 Å². The highest BCUT2D eigenvalue weighted by atomic mass is 35.5. The third-order valence-corrected chi connectivity index (χ3v) is 2.30. The molecule has 0 saturated heterocycles. The Hall–Kier alpha value is -0.690. The van der Waals surface area contributed by atoms with Crippen LogP contribution in [0.5, 0.6) is 0 Å². The molecule has 78 valence electrons. The Bertz CT molecular complexity index is 283. The first-order valence-corrected chi connectivity index (χ1v) is 5.48. The van der Waals surface area contributed by atoms with Crippen LogP contribution in [0, 0.1) is 5.92 Å². The van der Waals surface area contributed by atoms with E-state index in [1.54, 1.807) is 0 Å². The van der Waals surface area contributed by atoms with Crippen LogP contribution in [-0.2, 0) is 0 Å². The van der Waals surface area contributed by atoms with Crippen molar-refractivity contribution in [1.29, 1.82) is 0 Å². The second-order valence-corrected chi connectivity index (χ2v) is 4.62. The van der Waals surface area contributed by atoms with Gasteiger partial charge in [0, 0.05) is 16.8 Å². The maximum Gasteiger partial charge on any atom is 0.0426 e. The van der Waals surface area contributed by atoms with Crippen LogP contribution in [0.2, 0.25) is 5.02 Å². The lowest BCUT2D eigenvalue weighted by atomic mass is 10.1. The normalized spacial score (nSPS) is 12.9. The molecular formula is C12H18ClN. The molecule has 1 N–H and O–H groups in total. The predicted octanol–water partition coefficient (Wildman–Crippen LogP) is 4.19. The SMILES string of the molecule is CC(C)CC(C)Nc1cccc(Cl)c1. The fourth-order valence-electron chi connectivity index (χ4n) is 1.63. The predicted molar refractivity (Wildman–Crippen MR) is 64.0 cm³/mol. The molecule has 1 unspecified atom stereocenters. The molecule has 0 fully saturated rings. The van der Waals surface area contributed by atoms with E-state index < -0.39 is 0 Å². The lowest BCUT2D eigenvalue weighted by molar-refractivity contribution is 0.540. The first kappa shape index (κ1) is 11.4. The molecule has 0 heterocycles. The van der Waals surface area contributed by atoms with Crippen LogP contribution in [0.15, 0.2) is 24.3 Å². The molecule has 0 aliphatic heterocycles. The minimum absolute atomic E-state index is 0.494. The van der Waals surface area contributed by atoms with Gasteiger partial charge in [-0.3, -0.25) is 0 Å². The van der Waals surface area contributed by atoms with Crippen molar-refractivity contribution in [2.75, 3.05) is 5.32 Å². The van der Waals surface area contributed by atoms with Crippen LogP contribution < -0.4 is 5.32 Å². The smallest absolute Gasteiger partial charge is 0.0426 e. The van der Waals surface area contributed by atoms with E-state index in [4.69, 9.17) is 11.6 Å². The summed E-state index contributed by atoms with van der Waals surface area (Å²) in [6, 6.07) is 8.35. The number of hydrogen-bond acceptors (Lipinski definition) is 1. The summed E-state index contributed by atoms with van der Waals surface area (Å²) in [5.41, 5.74) is 1.10. The molecule has 0 aliphatic rings. The largest absolute Gasteiger partial charge is 0.383 e. The first-order chi connectivity index (χ1) is 6.58. The second-order valence-electron chi connectivity index (χ2n) is 4.19. The number of benzene rings is 1. The lowest BCUT2D eigenvalue weighted by Crippen LogP contribution is -2.17. The summed E-state index contributed by atoms with van der Waals surface area (Å²) in [5, 5.41) is 4.21. The summed E-state index contributed by atoms with van der Waals surface area (Å²) < 4.78 is 0. The molecule has 0 spiro atoms. The zero-order valence-corrected chi connectivity index (χ0v) is 9.81.